The number of amides is 1. The van der Waals surface area contributed by atoms with Gasteiger partial charge in [0.05, 0.1) is 12.3 Å². The smallest absolute Gasteiger partial charge is 0.251 e. The third-order valence-corrected chi connectivity index (χ3v) is 6.21. The van der Waals surface area contributed by atoms with Crippen LogP contribution in [0.2, 0.25) is 0 Å². The van der Waals surface area contributed by atoms with Crippen LogP contribution in [0.5, 0.6) is 0 Å². The normalized spacial score (nSPS) is 10.9. The van der Waals surface area contributed by atoms with Gasteiger partial charge < -0.3 is 9.73 Å². The molecule has 0 fully saturated rings. The fraction of sp³-hybridized carbons (Fsp3) is 0.192. The second-order valence-corrected chi connectivity index (χ2v) is 8.80. The molecule has 2 heterocycles. The highest BCUT2D eigenvalue weighted by atomic mass is 32.2. The third-order valence-electron chi connectivity index (χ3n) is 5.24. The van der Waals surface area contributed by atoms with E-state index < -0.39 is 0 Å². The molecular formula is C26H25N3O3S. The van der Waals surface area contributed by atoms with Gasteiger partial charge in [0.15, 0.2) is 10.9 Å². The number of aryl methyl sites for hydroxylation is 3. The number of carbonyl (C=O) groups is 2. The van der Waals surface area contributed by atoms with Crippen molar-refractivity contribution in [1.29, 1.82) is 0 Å². The Balaban J connectivity index is 1.45. The number of thioether (sulfide) groups is 1. The Labute approximate surface area is 197 Å². The average Bonchev–Trinajstić information content (AvgIpc) is 3.46. The number of aromatic nitrogens is 2. The summed E-state index contributed by atoms with van der Waals surface area (Å²) in [5, 5.41) is 3.57. The van der Waals surface area contributed by atoms with Crippen molar-refractivity contribution in [3.63, 3.8) is 0 Å². The van der Waals surface area contributed by atoms with E-state index in [0.717, 1.165) is 28.1 Å². The lowest BCUT2D eigenvalue weighted by atomic mass is 10.0. The molecule has 2 aromatic heterocycles. The van der Waals surface area contributed by atoms with Gasteiger partial charge in [-0.05, 0) is 62.7 Å². The molecule has 6 nitrogen and oxygen atoms in total. The van der Waals surface area contributed by atoms with Crippen molar-refractivity contribution in [2.45, 2.75) is 32.5 Å². The van der Waals surface area contributed by atoms with Crippen LogP contribution in [-0.4, -0.2) is 27.0 Å². The van der Waals surface area contributed by atoms with Gasteiger partial charge in [0.2, 0.25) is 0 Å². The highest BCUT2D eigenvalue weighted by Crippen LogP contribution is 2.23. The van der Waals surface area contributed by atoms with Gasteiger partial charge in [0, 0.05) is 29.2 Å². The quantitative estimate of drug-likeness (QED) is 0.286. The predicted molar refractivity (Wildman–Crippen MR) is 129 cm³/mol. The molecule has 0 atom stereocenters. The lowest BCUT2D eigenvalue weighted by molar-refractivity contribution is 0.0947. The van der Waals surface area contributed by atoms with Crippen LogP contribution in [-0.2, 0) is 6.54 Å². The minimum atomic E-state index is -0.190. The molecule has 7 heteroatoms. The average molecular weight is 460 g/mol. The molecule has 33 heavy (non-hydrogen) atoms. The molecule has 1 N–H and O–H groups in total. The van der Waals surface area contributed by atoms with E-state index >= 15 is 0 Å². The Kier molecular flexibility index (Phi) is 6.79. The topological polar surface area (TPSA) is 77.1 Å². The van der Waals surface area contributed by atoms with Gasteiger partial charge in [-0.2, -0.15) is 0 Å². The first-order valence-electron chi connectivity index (χ1n) is 10.6. The van der Waals surface area contributed by atoms with Crippen LogP contribution >= 0.6 is 11.8 Å². The van der Waals surface area contributed by atoms with Gasteiger partial charge in [0.1, 0.15) is 11.5 Å². The minimum absolute atomic E-state index is 0.0667. The molecule has 4 rings (SSSR count). The first kappa shape index (κ1) is 22.6. The molecule has 2 aromatic carbocycles. The summed E-state index contributed by atoms with van der Waals surface area (Å²) in [6.07, 6.45) is 3.52. The standard InChI is InChI=1S/C26H25N3O3S/c1-17-7-8-18(2)23(13-17)24(30)16-33-26-27-11-12-29(26)21-6-4-5-20(14-21)25(31)28-15-22-10-9-19(3)32-22/h4-14H,15-16H2,1-3H3,(H,28,31). The molecule has 0 aliphatic carbocycles. The lowest BCUT2D eigenvalue weighted by Crippen LogP contribution is -2.22. The molecule has 0 saturated carbocycles. The number of ketones is 1. The number of imidazole rings is 1. The van der Waals surface area contributed by atoms with E-state index in [4.69, 9.17) is 4.42 Å². The molecule has 0 spiro atoms. The maximum Gasteiger partial charge on any atom is 0.251 e. The van der Waals surface area contributed by atoms with Crippen LogP contribution in [0.1, 0.15) is 43.4 Å². The fourth-order valence-electron chi connectivity index (χ4n) is 3.48. The summed E-state index contributed by atoms with van der Waals surface area (Å²) in [6.45, 7) is 6.12. The van der Waals surface area contributed by atoms with Gasteiger partial charge >= 0.3 is 0 Å². The van der Waals surface area contributed by atoms with Crippen LogP contribution in [0, 0.1) is 20.8 Å². The van der Waals surface area contributed by atoms with Gasteiger partial charge in [-0.3, -0.25) is 14.2 Å². The van der Waals surface area contributed by atoms with Crippen LogP contribution < -0.4 is 5.32 Å². The number of hydrogen-bond acceptors (Lipinski definition) is 5. The minimum Gasteiger partial charge on any atom is -0.465 e. The molecule has 0 aliphatic rings. The zero-order chi connectivity index (χ0) is 23.4. The first-order valence-corrected chi connectivity index (χ1v) is 11.6. The molecule has 168 valence electrons. The molecule has 0 saturated heterocycles. The Morgan fingerprint density at radius 1 is 1.06 bits per heavy atom. The maximum absolute atomic E-state index is 12.8. The summed E-state index contributed by atoms with van der Waals surface area (Å²) < 4.78 is 7.39. The third kappa shape index (κ3) is 5.43. The van der Waals surface area contributed by atoms with Crippen molar-refractivity contribution >= 4 is 23.5 Å². The largest absolute Gasteiger partial charge is 0.465 e. The molecule has 0 aliphatic heterocycles. The van der Waals surface area contributed by atoms with Gasteiger partial charge in [0.25, 0.3) is 5.91 Å². The number of furan rings is 1. The number of hydrogen-bond donors (Lipinski definition) is 1. The second-order valence-electron chi connectivity index (χ2n) is 7.86. The van der Waals surface area contributed by atoms with E-state index in [1.807, 2.05) is 74.0 Å². The van der Waals surface area contributed by atoms with Crippen molar-refractivity contribution < 1.29 is 14.0 Å². The summed E-state index contributed by atoms with van der Waals surface area (Å²) in [4.78, 5) is 29.8. The van der Waals surface area contributed by atoms with Gasteiger partial charge in [-0.25, -0.2) is 4.98 Å². The van der Waals surface area contributed by atoms with Crippen LogP contribution in [0.4, 0.5) is 0 Å². The van der Waals surface area contributed by atoms with Gasteiger partial charge in [-0.1, -0.05) is 35.5 Å². The summed E-state index contributed by atoms with van der Waals surface area (Å²) >= 11 is 1.38. The molecule has 0 bridgehead atoms. The Morgan fingerprint density at radius 3 is 2.70 bits per heavy atom. The van der Waals surface area contributed by atoms with Crippen LogP contribution in [0.3, 0.4) is 0 Å². The summed E-state index contributed by atoms with van der Waals surface area (Å²) in [5.41, 5.74) is 4.11. The van der Waals surface area contributed by atoms with E-state index in [0.29, 0.717) is 23.0 Å². The van der Waals surface area contributed by atoms with Crippen LogP contribution in [0.15, 0.2) is 76.6 Å². The van der Waals surface area contributed by atoms with Crippen molar-refractivity contribution in [3.05, 3.63) is 101 Å². The summed E-state index contributed by atoms with van der Waals surface area (Å²) in [5.74, 6) is 1.67. The van der Waals surface area contributed by atoms with E-state index in [2.05, 4.69) is 10.3 Å². The Morgan fingerprint density at radius 2 is 1.91 bits per heavy atom. The number of nitrogens with zero attached hydrogens (tertiary/aromatic N) is 2. The monoisotopic (exact) mass is 459 g/mol. The van der Waals surface area contributed by atoms with Crippen molar-refractivity contribution in [1.82, 2.24) is 14.9 Å². The summed E-state index contributed by atoms with van der Waals surface area (Å²) in [7, 11) is 0. The zero-order valence-electron chi connectivity index (χ0n) is 18.8. The number of Topliss-reactive ketones (excluding diaryl/α,β-unsaturated/α-hetero) is 1. The van der Waals surface area contributed by atoms with Crippen molar-refractivity contribution in [2.24, 2.45) is 0 Å². The summed E-state index contributed by atoms with van der Waals surface area (Å²) in [6, 6.07) is 16.9. The number of rotatable bonds is 8. The molecule has 0 radical (unpaired) electrons. The fourth-order valence-corrected chi connectivity index (χ4v) is 4.34. The zero-order valence-corrected chi connectivity index (χ0v) is 19.6. The van der Waals surface area contributed by atoms with Crippen molar-refractivity contribution in [3.8, 4) is 5.69 Å². The molecule has 4 aromatic rings. The lowest BCUT2D eigenvalue weighted by Gasteiger charge is -2.10. The molecular weight excluding hydrogens is 434 g/mol. The van der Waals surface area contributed by atoms with E-state index in [-0.39, 0.29) is 17.4 Å². The number of carbonyl (C=O) groups excluding carboxylic acids is 2. The van der Waals surface area contributed by atoms with E-state index in [9.17, 15) is 9.59 Å². The highest BCUT2D eigenvalue weighted by molar-refractivity contribution is 7.99. The Hall–Kier alpha value is -3.58. The number of benzene rings is 2. The maximum atomic E-state index is 12.8. The highest BCUT2D eigenvalue weighted by Gasteiger charge is 2.14. The Bertz CT molecular complexity index is 1310. The molecule has 0 unspecified atom stereocenters. The van der Waals surface area contributed by atoms with E-state index in [1.54, 1.807) is 18.3 Å². The molecule has 1 amide bonds. The number of nitrogens with one attached hydrogen (secondary N) is 1. The van der Waals surface area contributed by atoms with Crippen LogP contribution in [0.25, 0.3) is 5.69 Å². The SMILES string of the molecule is Cc1ccc(C)c(C(=O)CSc2nccn2-c2cccc(C(=O)NCc3ccc(C)o3)c2)c1. The van der Waals surface area contributed by atoms with Gasteiger partial charge in [-0.15, -0.1) is 0 Å². The first-order chi connectivity index (χ1) is 15.9. The second kappa shape index (κ2) is 9.92. The van der Waals surface area contributed by atoms with E-state index in [1.165, 1.54) is 11.8 Å². The van der Waals surface area contributed by atoms with Crippen molar-refractivity contribution in [2.75, 3.05) is 5.75 Å². The predicted octanol–water partition coefficient (Wildman–Crippen LogP) is 5.30.